The zero-order chi connectivity index (χ0) is 17.7. The van der Waals surface area contributed by atoms with E-state index in [0.29, 0.717) is 35.2 Å². The summed E-state index contributed by atoms with van der Waals surface area (Å²) in [6, 6.07) is 1.84. The third kappa shape index (κ3) is 4.83. The molecule has 2 aromatic heterocycles. The van der Waals surface area contributed by atoms with Gasteiger partial charge in [0.15, 0.2) is 5.82 Å². The first-order valence-electron chi connectivity index (χ1n) is 7.63. The number of thiophene rings is 1. The molecule has 0 aliphatic rings. The largest absolute Gasteiger partial charge is 0.465 e. The second-order valence-electron chi connectivity index (χ2n) is 6.16. The predicted octanol–water partition coefficient (Wildman–Crippen LogP) is 3.49. The van der Waals surface area contributed by atoms with Gasteiger partial charge in [-0.15, -0.1) is 11.3 Å². The smallest absolute Gasteiger partial charge is 0.350 e. The van der Waals surface area contributed by atoms with Crippen molar-refractivity contribution in [2.75, 3.05) is 12.4 Å². The molecule has 2 heterocycles. The number of ether oxygens (including phenoxy) is 1. The lowest BCUT2D eigenvalue weighted by atomic mass is 9.98. The summed E-state index contributed by atoms with van der Waals surface area (Å²) in [5.74, 6) is 6.99. The summed E-state index contributed by atoms with van der Waals surface area (Å²) in [4.78, 5) is 17.5. The van der Waals surface area contributed by atoms with Crippen LogP contribution in [0.3, 0.4) is 0 Å². The van der Waals surface area contributed by atoms with Crippen LogP contribution in [0, 0.1) is 17.3 Å². The van der Waals surface area contributed by atoms with Crippen molar-refractivity contribution in [3.8, 4) is 11.8 Å². The van der Waals surface area contributed by atoms with E-state index in [1.165, 1.54) is 18.4 Å². The molecule has 24 heavy (non-hydrogen) atoms. The molecule has 0 bridgehead atoms. The zero-order valence-electron chi connectivity index (χ0n) is 14.5. The number of rotatable bonds is 5. The summed E-state index contributed by atoms with van der Waals surface area (Å²) in [5, 5.41) is 6.99. The zero-order valence-corrected chi connectivity index (χ0v) is 15.3. The van der Waals surface area contributed by atoms with E-state index in [-0.39, 0.29) is 5.41 Å². The van der Waals surface area contributed by atoms with Crippen molar-refractivity contribution >= 4 is 23.0 Å². The highest BCUT2D eigenvalue weighted by molar-refractivity contribution is 7.15. The van der Waals surface area contributed by atoms with Crippen molar-refractivity contribution in [2.45, 2.75) is 40.7 Å². The predicted molar refractivity (Wildman–Crippen MR) is 93.0 cm³/mol. The van der Waals surface area contributed by atoms with Crippen molar-refractivity contribution in [3.05, 3.63) is 27.5 Å². The maximum Gasteiger partial charge on any atom is 0.350 e. The molecule has 0 unspecified atom stereocenters. The molecule has 0 saturated carbocycles. The van der Waals surface area contributed by atoms with Gasteiger partial charge in [0.05, 0.1) is 24.2 Å². The average molecular weight is 347 g/mol. The van der Waals surface area contributed by atoms with Crippen LogP contribution in [0.15, 0.2) is 10.6 Å². The van der Waals surface area contributed by atoms with Crippen LogP contribution in [-0.4, -0.2) is 23.2 Å². The molecule has 2 rings (SSSR count). The van der Waals surface area contributed by atoms with Gasteiger partial charge in [-0.3, -0.25) is 0 Å². The molecular formula is C17H21N3O3S. The lowest BCUT2D eigenvalue weighted by Gasteiger charge is -2.06. The minimum absolute atomic E-state index is 0.108. The van der Waals surface area contributed by atoms with Crippen LogP contribution in [0.5, 0.6) is 0 Å². The standard InChI is InChI=1S/C17H21N3O3S/c1-6-13-19-14(23-20-13)10-18-12-9-11(7-8-17(2,3)4)24-15(12)16(21)22-5/h9,18H,6,10H2,1-5H3. The van der Waals surface area contributed by atoms with Gasteiger partial charge in [-0.2, -0.15) is 4.98 Å². The SMILES string of the molecule is CCc1noc(CNc2cc(C#CC(C)(C)C)sc2C(=O)OC)n1. The molecular weight excluding hydrogens is 326 g/mol. The fourth-order valence-corrected chi connectivity index (χ4v) is 2.66. The summed E-state index contributed by atoms with van der Waals surface area (Å²) in [5.41, 5.74) is 0.546. The minimum Gasteiger partial charge on any atom is -0.465 e. The topological polar surface area (TPSA) is 77.2 Å². The van der Waals surface area contributed by atoms with Crippen LogP contribution in [0.25, 0.3) is 0 Å². The normalized spacial score (nSPS) is 10.9. The minimum atomic E-state index is -0.397. The Morgan fingerprint density at radius 3 is 2.79 bits per heavy atom. The van der Waals surface area contributed by atoms with Crippen molar-refractivity contribution in [3.63, 3.8) is 0 Å². The van der Waals surface area contributed by atoms with Gasteiger partial charge in [-0.05, 0) is 26.8 Å². The number of aromatic nitrogens is 2. The van der Waals surface area contributed by atoms with E-state index in [0.717, 1.165) is 4.88 Å². The van der Waals surface area contributed by atoms with Crippen LogP contribution < -0.4 is 5.32 Å². The molecule has 0 saturated heterocycles. The first-order chi connectivity index (χ1) is 11.3. The Morgan fingerprint density at radius 1 is 1.46 bits per heavy atom. The first kappa shape index (κ1) is 18.0. The van der Waals surface area contributed by atoms with Crippen molar-refractivity contribution in [1.82, 2.24) is 10.1 Å². The summed E-state index contributed by atoms with van der Waals surface area (Å²) in [7, 11) is 1.36. The van der Waals surface area contributed by atoms with Crippen LogP contribution >= 0.6 is 11.3 Å². The maximum atomic E-state index is 12.0. The lowest BCUT2D eigenvalue weighted by Crippen LogP contribution is -2.05. The van der Waals surface area contributed by atoms with E-state index in [1.54, 1.807) is 0 Å². The second kappa shape index (κ2) is 7.49. The van der Waals surface area contributed by atoms with E-state index in [2.05, 4.69) is 27.3 Å². The highest BCUT2D eigenvalue weighted by Crippen LogP contribution is 2.28. The number of hydrogen-bond acceptors (Lipinski definition) is 7. The second-order valence-corrected chi connectivity index (χ2v) is 7.21. The molecule has 128 valence electrons. The highest BCUT2D eigenvalue weighted by Gasteiger charge is 2.17. The number of aryl methyl sites for hydroxylation is 1. The molecule has 7 heteroatoms. The van der Waals surface area contributed by atoms with Crippen LogP contribution in [0.1, 0.15) is 54.0 Å². The van der Waals surface area contributed by atoms with Crippen molar-refractivity contribution < 1.29 is 14.1 Å². The van der Waals surface area contributed by atoms with Crippen molar-refractivity contribution in [2.24, 2.45) is 5.41 Å². The third-order valence-electron chi connectivity index (χ3n) is 2.92. The van der Waals surface area contributed by atoms with Crippen LogP contribution in [0.2, 0.25) is 0 Å². The molecule has 1 N–H and O–H groups in total. The van der Waals surface area contributed by atoms with Gasteiger partial charge in [0.25, 0.3) is 0 Å². The molecule has 0 radical (unpaired) electrons. The molecule has 0 aromatic carbocycles. The Labute approximate surface area is 145 Å². The van der Waals surface area contributed by atoms with E-state index in [9.17, 15) is 4.79 Å². The third-order valence-corrected chi connectivity index (χ3v) is 3.95. The molecule has 0 amide bonds. The van der Waals surface area contributed by atoms with Crippen LogP contribution in [-0.2, 0) is 17.7 Å². The number of anilines is 1. The fraction of sp³-hybridized carbons (Fsp3) is 0.471. The van der Waals surface area contributed by atoms with Gasteiger partial charge < -0.3 is 14.6 Å². The summed E-state index contributed by atoms with van der Waals surface area (Å²) >= 11 is 1.30. The molecule has 6 nitrogen and oxygen atoms in total. The molecule has 0 atom stereocenters. The molecule has 0 aliphatic heterocycles. The van der Waals surface area contributed by atoms with Crippen molar-refractivity contribution in [1.29, 1.82) is 0 Å². The number of carbonyl (C=O) groups excluding carboxylic acids is 1. The quantitative estimate of drug-likeness (QED) is 0.659. The Kier molecular flexibility index (Phi) is 5.62. The Balaban J connectivity index is 2.21. The summed E-state index contributed by atoms with van der Waals surface area (Å²) < 4.78 is 9.98. The number of esters is 1. The van der Waals surface area contributed by atoms with E-state index in [4.69, 9.17) is 9.26 Å². The highest BCUT2D eigenvalue weighted by atomic mass is 32.1. The number of nitrogens with one attached hydrogen (secondary N) is 1. The maximum absolute atomic E-state index is 12.0. The van der Waals surface area contributed by atoms with Crippen LogP contribution in [0.4, 0.5) is 5.69 Å². The lowest BCUT2D eigenvalue weighted by molar-refractivity contribution is 0.0607. The Hall–Kier alpha value is -2.33. The molecule has 2 aromatic rings. The van der Waals surface area contributed by atoms with E-state index >= 15 is 0 Å². The Morgan fingerprint density at radius 2 is 2.21 bits per heavy atom. The van der Waals surface area contributed by atoms with Gasteiger partial charge >= 0.3 is 5.97 Å². The average Bonchev–Trinajstić information content (AvgIpc) is 3.16. The number of methoxy groups -OCH3 is 1. The van der Waals surface area contributed by atoms with Gasteiger partial charge in [-0.1, -0.05) is 23.9 Å². The van der Waals surface area contributed by atoms with Gasteiger partial charge in [0, 0.05) is 11.8 Å². The van der Waals surface area contributed by atoms with Gasteiger partial charge in [0.2, 0.25) is 5.89 Å². The Bertz CT molecular complexity index is 775. The molecule has 0 aliphatic carbocycles. The monoisotopic (exact) mass is 347 g/mol. The first-order valence-corrected chi connectivity index (χ1v) is 8.44. The number of nitrogens with zero attached hydrogens (tertiary/aromatic N) is 2. The number of carbonyl (C=O) groups is 1. The van der Waals surface area contributed by atoms with Gasteiger partial charge in [-0.25, -0.2) is 4.79 Å². The van der Waals surface area contributed by atoms with Gasteiger partial charge in [0.1, 0.15) is 4.88 Å². The summed E-state index contributed by atoms with van der Waals surface area (Å²) in [6.07, 6.45) is 0.710. The molecule has 0 spiro atoms. The molecule has 0 fully saturated rings. The van der Waals surface area contributed by atoms with E-state index in [1.807, 2.05) is 33.8 Å². The summed E-state index contributed by atoms with van der Waals surface area (Å²) in [6.45, 7) is 8.40. The van der Waals surface area contributed by atoms with E-state index < -0.39 is 5.97 Å². The fourth-order valence-electron chi connectivity index (χ4n) is 1.75. The number of hydrogen-bond donors (Lipinski definition) is 1.